The fraction of sp³-hybridized carbons (Fsp3) is 0.700. The number of aryl methyl sites for hydroxylation is 1. The van der Waals surface area contributed by atoms with Gasteiger partial charge in [-0.3, -0.25) is 4.68 Å². The van der Waals surface area contributed by atoms with Crippen molar-refractivity contribution in [2.75, 3.05) is 13.6 Å². The Hall–Kier alpha value is -0.830. The van der Waals surface area contributed by atoms with Crippen molar-refractivity contribution in [2.45, 2.75) is 32.7 Å². The molecular weight excluding hydrogens is 162 g/mol. The third kappa shape index (κ3) is 2.84. The Kier molecular flexibility index (Phi) is 3.96. The topological polar surface area (TPSA) is 29.9 Å². The summed E-state index contributed by atoms with van der Waals surface area (Å²) in [5.74, 6) is 0. The van der Waals surface area contributed by atoms with Crippen LogP contribution in [-0.4, -0.2) is 23.4 Å². The molecule has 1 heterocycles. The van der Waals surface area contributed by atoms with Crippen molar-refractivity contribution in [3.8, 4) is 0 Å². The van der Waals surface area contributed by atoms with Gasteiger partial charge in [0.05, 0.1) is 0 Å². The van der Waals surface area contributed by atoms with Crippen molar-refractivity contribution in [1.29, 1.82) is 0 Å². The highest BCUT2D eigenvalue weighted by atomic mass is 15.3. The summed E-state index contributed by atoms with van der Waals surface area (Å²) in [5, 5.41) is 7.44. The molecule has 0 unspecified atom stereocenters. The Bertz CT molecular complexity index is 240. The van der Waals surface area contributed by atoms with Crippen LogP contribution in [0.1, 0.15) is 32.0 Å². The average Bonchev–Trinajstić information content (AvgIpc) is 2.53. The van der Waals surface area contributed by atoms with E-state index in [1.165, 1.54) is 12.1 Å². The molecule has 0 aromatic carbocycles. The van der Waals surface area contributed by atoms with Gasteiger partial charge in [0.25, 0.3) is 0 Å². The van der Waals surface area contributed by atoms with Crippen molar-refractivity contribution in [1.82, 2.24) is 15.1 Å². The summed E-state index contributed by atoms with van der Waals surface area (Å²) in [6, 6.07) is 2.58. The summed E-state index contributed by atoms with van der Waals surface area (Å²) in [4.78, 5) is 0. The van der Waals surface area contributed by atoms with Gasteiger partial charge in [-0.25, -0.2) is 0 Å². The third-order valence-corrected chi connectivity index (χ3v) is 2.10. The van der Waals surface area contributed by atoms with E-state index in [9.17, 15) is 0 Å². The SMILES string of the molecule is CNCCCc1ccnn1C(C)C. The van der Waals surface area contributed by atoms with Gasteiger partial charge in [0, 0.05) is 17.9 Å². The quantitative estimate of drug-likeness (QED) is 0.699. The number of hydrogen-bond acceptors (Lipinski definition) is 2. The zero-order valence-electron chi connectivity index (χ0n) is 8.75. The fourth-order valence-electron chi connectivity index (χ4n) is 1.45. The lowest BCUT2D eigenvalue weighted by Gasteiger charge is -2.10. The molecule has 0 radical (unpaired) electrons. The fourth-order valence-corrected chi connectivity index (χ4v) is 1.45. The number of aromatic nitrogens is 2. The summed E-state index contributed by atoms with van der Waals surface area (Å²) >= 11 is 0. The number of nitrogens with zero attached hydrogens (tertiary/aromatic N) is 2. The van der Waals surface area contributed by atoms with E-state index in [1.54, 1.807) is 0 Å². The highest BCUT2D eigenvalue weighted by Crippen LogP contribution is 2.09. The molecule has 0 aliphatic rings. The maximum atomic E-state index is 4.29. The first-order chi connectivity index (χ1) is 6.25. The van der Waals surface area contributed by atoms with Gasteiger partial charge in [0.2, 0.25) is 0 Å². The van der Waals surface area contributed by atoms with Crippen LogP contribution in [0.5, 0.6) is 0 Å². The Balaban J connectivity index is 2.50. The van der Waals surface area contributed by atoms with Crippen LogP contribution in [0.4, 0.5) is 0 Å². The van der Waals surface area contributed by atoms with Crippen LogP contribution in [0.3, 0.4) is 0 Å². The average molecular weight is 181 g/mol. The molecule has 74 valence electrons. The van der Waals surface area contributed by atoms with E-state index in [2.05, 4.69) is 35.0 Å². The zero-order chi connectivity index (χ0) is 9.68. The van der Waals surface area contributed by atoms with Gasteiger partial charge in [-0.15, -0.1) is 0 Å². The van der Waals surface area contributed by atoms with Crippen LogP contribution in [0.15, 0.2) is 12.3 Å². The standard InChI is InChI=1S/C10H19N3/c1-9(2)13-10(6-8-12-13)5-4-7-11-3/h6,8-9,11H,4-5,7H2,1-3H3. The molecule has 0 saturated carbocycles. The molecule has 1 rings (SSSR count). The highest BCUT2D eigenvalue weighted by Gasteiger charge is 2.04. The number of rotatable bonds is 5. The molecule has 0 amide bonds. The maximum Gasteiger partial charge on any atom is 0.0492 e. The van der Waals surface area contributed by atoms with E-state index < -0.39 is 0 Å². The summed E-state index contributed by atoms with van der Waals surface area (Å²) in [6.45, 7) is 5.40. The smallest absolute Gasteiger partial charge is 0.0492 e. The van der Waals surface area contributed by atoms with Crippen molar-refractivity contribution in [3.63, 3.8) is 0 Å². The van der Waals surface area contributed by atoms with Gasteiger partial charge in [-0.2, -0.15) is 5.10 Å². The minimum atomic E-state index is 0.472. The first-order valence-electron chi connectivity index (χ1n) is 4.92. The molecule has 1 aromatic rings. The molecule has 3 heteroatoms. The highest BCUT2D eigenvalue weighted by molar-refractivity contribution is 5.01. The third-order valence-electron chi connectivity index (χ3n) is 2.10. The van der Waals surface area contributed by atoms with Crippen LogP contribution >= 0.6 is 0 Å². The van der Waals surface area contributed by atoms with E-state index in [4.69, 9.17) is 0 Å². The molecule has 0 bridgehead atoms. The molecule has 0 saturated heterocycles. The molecule has 0 aliphatic heterocycles. The summed E-state index contributed by atoms with van der Waals surface area (Å²) in [7, 11) is 1.99. The lowest BCUT2D eigenvalue weighted by Crippen LogP contribution is -2.11. The Labute approximate surface area is 80.1 Å². The monoisotopic (exact) mass is 181 g/mol. The Morgan fingerprint density at radius 1 is 1.54 bits per heavy atom. The van der Waals surface area contributed by atoms with E-state index >= 15 is 0 Å². The first-order valence-corrected chi connectivity index (χ1v) is 4.92. The van der Waals surface area contributed by atoms with Gasteiger partial charge in [0.1, 0.15) is 0 Å². The zero-order valence-corrected chi connectivity index (χ0v) is 8.75. The lowest BCUT2D eigenvalue weighted by molar-refractivity contribution is 0.504. The van der Waals surface area contributed by atoms with Gasteiger partial charge < -0.3 is 5.32 Å². The van der Waals surface area contributed by atoms with E-state index in [1.807, 2.05) is 13.2 Å². The van der Waals surface area contributed by atoms with Crippen molar-refractivity contribution in [3.05, 3.63) is 18.0 Å². The molecule has 1 N–H and O–H groups in total. The van der Waals surface area contributed by atoms with Crippen LogP contribution in [0.25, 0.3) is 0 Å². The second kappa shape index (κ2) is 5.02. The maximum absolute atomic E-state index is 4.29. The van der Waals surface area contributed by atoms with Gasteiger partial charge in [0.15, 0.2) is 0 Å². The van der Waals surface area contributed by atoms with Crippen molar-refractivity contribution < 1.29 is 0 Å². The normalized spacial score (nSPS) is 11.1. The molecule has 3 nitrogen and oxygen atoms in total. The van der Waals surface area contributed by atoms with Gasteiger partial charge in [-0.05, 0) is 46.3 Å². The Morgan fingerprint density at radius 2 is 2.31 bits per heavy atom. The van der Waals surface area contributed by atoms with E-state index in [-0.39, 0.29) is 0 Å². The minimum absolute atomic E-state index is 0.472. The minimum Gasteiger partial charge on any atom is -0.320 e. The molecule has 13 heavy (non-hydrogen) atoms. The van der Waals surface area contributed by atoms with Crippen LogP contribution < -0.4 is 5.32 Å². The van der Waals surface area contributed by atoms with Crippen LogP contribution in [-0.2, 0) is 6.42 Å². The molecule has 0 spiro atoms. The summed E-state index contributed by atoms with van der Waals surface area (Å²) < 4.78 is 2.09. The summed E-state index contributed by atoms with van der Waals surface area (Å²) in [6.07, 6.45) is 4.17. The van der Waals surface area contributed by atoms with Crippen molar-refractivity contribution in [2.24, 2.45) is 0 Å². The second-order valence-electron chi connectivity index (χ2n) is 3.57. The molecule has 1 aromatic heterocycles. The lowest BCUT2D eigenvalue weighted by atomic mass is 10.2. The number of hydrogen-bond donors (Lipinski definition) is 1. The molecule has 0 fully saturated rings. The van der Waals surface area contributed by atoms with Crippen LogP contribution in [0, 0.1) is 0 Å². The second-order valence-corrected chi connectivity index (χ2v) is 3.57. The molecule has 0 atom stereocenters. The predicted molar refractivity (Wildman–Crippen MR) is 54.9 cm³/mol. The number of nitrogens with one attached hydrogen (secondary N) is 1. The van der Waals surface area contributed by atoms with E-state index in [0.29, 0.717) is 6.04 Å². The van der Waals surface area contributed by atoms with Crippen LogP contribution in [0.2, 0.25) is 0 Å². The first kappa shape index (κ1) is 10.3. The molecule has 0 aliphatic carbocycles. The predicted octanol–water partition coefficient (Wildman–Crippen LogP) is 1.62. The Morgan fingerprint density at radius 3 is 2.92 bits per heavy atom. The van der Waals surface area contributed by atoms with Gasteiger partial charge in [-0.1, -0.05) is 0 Å². The molecular formula is C10H19N3. The van der Waals surface area contributed by atoms with E-state index in [0.717, 1.165) is 13.0 Å². The summed E-state index contributed by atoms with van der Waals surface area (Å²) in [5.41, 5.74) is 1.34. The van der Waals surface area contributed by atoms with Crippen molar-refractivity contribution >= 4 is 0 Å². The van der Waals surface area contributed by atoms with Gasteiger partial charge >= 0.3 is 0 Å². The largest absolute Gasteiger partial charge is 0.320 e.